The molecule has 0 aliphatic rings. The molecule has 0 radical (unpaired) electrons. The summed E-state index contributed by atoms with van der Waals surface area (Å²) in [6, 6.07) is 0.556. The van der Waals surface area contributed by atoms with Crippen molar-refractivity contribution in [2.24, 2.45) is 0 Å². The van der Waals surface area contributed by atoms with Crippen LogP contribution in [0.15, 0.2) is 10.6 Å². The standard InChI is InChI=1S/C13H24N2O/c1-5-11(4)12-9-15-13(16-12)7-6-8-14-10(2)3/h9-11,14H,5-8H2,1-4H3. The Morgan fingerprint density at radius 1 is 1.38 bits per heavy atom. The topological polar surface area (TPSA) is 38.1 Å². The molecule has 16 heavy (non-hydrogen) atoms. The number of hydrogen-bond acceptors (Lipinski definition) is 3. The van der Waals surface area contributed by atoms with Crippen LogP contribution < -0.4 is 5.32 Å². The van der Waals surface area contributed by atoms with Crippen molar-refractivity contribution in [3.63, 3.8) is 0 Å². The molecule has 1 rings (SSSR count). The van der Waals surface area contributed by atoms with Gasteiger partial charge in [0.25, 0.3) is 0 Å². The minimum atomic E-state index is 0.482. The lowest BCUT2D eigenvalue weighted by molar-refractivity contribution is 0.420. The van der Waals surface area contributed by atoms with Crippen molar-refractivity contribution < 1.29 is 4.42 Å². The molecule has 3 heteroatoms. The number of hydrogen-bond donors (Lipinski definition) is 1. The lowest BCUT2D eigenvalue weighted by Crippen LogP contribution is -2.23. The summed E-state index contributed by atoms with van der Waals surface area (Å²) in [6.07, 6.45) is 4.98. The van der Waals surface area contributed by atoms with E-state index < -0.39 is 0 Å². The summed E-state index contributed by atoms with van der Waals surface area (Å²) in [5.74, 6) is 2.38. The summed E-state index contributed by atoms with van der Waals surface area (Å²) in [5, 5.41) is 3.39. The molecule has 1 aromatic heterocycles. The van der Waals surface area contributed by atoms with Crippen LogP contribution in [0.3, 0.4) is 0 Å². The molecule has 92 valence electrons. The summed E-state index contributed by atoms with van der Waals surface area (Å²) < 4.78 is 5.70. The minimum Gasteiger partial charge on any atom is -0.445 e. The Hall–Kier alpha value is -0.830. The molecule has 1 N–H and O–H groups in total. The van der Waals surface area contributed by atoms with Gasteiger partial charge in [0, 0.05) is 18.4 Å². The van der Waals surface area contributed by atoms with Gasteiger partial charge < -0.3 is 9.73 Å². The van der Waals surface area contributed by atoms with Crippen LogP contribution in [0.25, 0.3) is 0 Å². The van der Waals surface area contributed by atoms with Gasteiger partial charge in [0.2, 0.25) is 0 Å². The summed E-state index contributed by atoms with van der Waals surface area (Å²) in [6.45, 7) is 9.68. The fourth-order valence-corrected chi connectivity index (χ4v) is 1.50. The van der Waals surface area contributed by atoms with Crippen molar-refractivity contribution in [3.8, 4) is 0 Å². The molecule has 0 spiro atoms. The second-order valence-electron chi connectivity index (χ2n) is 4.68. The number of rotatable bonds is 7. The fourth-order valence-electron chi connectivity index (χ4n) is 1.50. The molecule has 1 atom stereocenters. The third-order valence-electron chi connectivity index (χ3n) is 2.79. The number of nitrogens with zero attached hydrogens (tertiary/aromatic N) is 1. The van der Waals surface area contributed by atoms with Gasteiger partial charge >= 0.3 is 0 Å². The first kappa shape index (κ1) is 13.2. The van der Waals surface area contributed by atoms with Gasteiger partial charge in [-0.3, -0.25) is 0 Å². The van der Waals surface area contributed by atoms with Crippen molar-refractivity contribution >= 4 is 0 Å². The smallest absolute Gasteiger partial charge is 0.194 e. The number of oxazole rings is 1. The molecule has 1 aromatic rings. The van der Waals surface area contributed by atoms with E-state index in [1.54, 1.807) is 0 Å². The van der Waals surface area contributed by atoms with Crippen LogP contribution in [-0.2, 0) is 6.42 Å². The first-order valence-electron chi connectivity index (χ1n) is 6.31. The van der Waals surface area contributed by atoms with E-state index in [0.717, 1.165) is 37.5 Å². The Morgan fingerprint density at radius 2 is 2.12 bits per heavy atom. The molecule has 1 heterocycles. The Kier molecular flexibility index (Phi) is 5.53. The molecule has 0 bridgehead atoms. The van der Waals surface area contributed by atoms with Crippen LogP contribution in [0.4, 0.5) is 0 Å². The van der Waals surface area contributed by atoms with E-state index >= 15 is 0 Å². The van der Waals surface area contributed by atoms with Gasteiger partial charge in [0.15, 0.2) is 5.89 Å². The summed E-state index contributed by atoms with van der Waals surface area (Å²) >= 11 is 0. The Labute approximate surface area is 98.6 Å². The molecular formula is C13H24N2O. The van der Waals surface area contributed by atoms with Gasteiger partial charge in [-0.1, -0.05) is 27.7 Å². The quantitative estimate of drug-likeness (QED) is 0.723. The Balaban J connectivity index is 2.29. The Morgan fingerprint density at radius 3 is 2.75 bits per heavy atom. The van der Waals surface area contributed by atoms with Crippen LogP contribution in [0.2, 0.25) is 0 Å². The minimum absolute atomic E-state index is 0.482. The zero-order valence-electron chi connectivity index (χ0n) is 10.9. The van der Waals surface area contributed by atoms with Crippen molar-refractivity contribution in [1.82, 2.24) is 10.3 Å². The average Bonchev–Trinajstić information content (AvgIpc) is 2.71. The van der Waals surface area contributed by atoms with Crippen molar-refractivity contribution in [2.45, 2.75) is 58.9 Å². The second-order valence-corrected chi connectivity index (χ2v) is 4.68. The lowest BCUT2D eigenvalue weighted by Gasteiger charge is -2.06. The molecule has 1 unspecified atom stereocenters. The van der Waals surface area contributed by atoms with E-state index in [1.807, 2.05) is 6.20 Å². The van der Waals surface area contributed by atoms with E-state index in [9.17, 15) is 0 Å². The summed E-state index contributed by atoms with van der Waals surface area (Å²) in [7, 11) is 0. The van der Waals surface area contributed by atoms with Crippen molar-refractivity contribution in [2.75, 3.05) is 6.54 Å². The first-order chi connectivity index (χ1) is 7.63. The van der Waals surface area contributed by atoms with E-state index in [4.69, 9.17) is 4.42 Å². The second kappa shape index (κ2) is 6.69. The highest BCUT2D eigenvalue weighted by Crippen LogP contribution is 2.19. The predicted octanol–water partition coefficient (Wildman–Crippen LogP) is 3.12. The highest BCUT2D eigenvalue weighted by atomic mass is 16.4. The largest absolute Gasteiger partial charge is 0.445 e. The Bertz CT molecular complexity index is 294. The SMILES string of the molecule is CCC(C)c1cnc(CCCNC(C)C)o1. The summed E-state index contributed by atoms with van der Waals surface area (Å²) in [4.78, 5) is 4.31. The molecule has 0 amide bonds. The normalized spacial score (nSPS) is 13.3. The number of aryl methyl sites for hydroxylation is 1. The summed E-state index contributed by atoms with van der Waals surface area (Å²) in [5.41, 5.74) is 0. The third kappa shape index (κ3) is 4.35. The van der Waals surface area contributed by atoms with E-state index in [2.05, 4.69) is 38.0 Å². The van der Waals surface area contributed by atoms with Crippen LogP contribution in [0.5, 0.6) is 0 Å². The number of aromatic nitrogens is 1. The molecule has 0 fully saturated rings. The molecule has 0 aliphatic carbocycles. The zero-order valence-corrected chi connectivity index (χ0v) is 10.9. The molecule has 0 saturated heterocycles. The maximum absolute atomic E-state index is 5.70. The van der Waals surface area contributed by atoms with Crippen LogP contribution in [-0.4, -0.2) is 17.6 Å². The predicted molar refractivity (Wildman–Crippen MR) is 66.7 cm³/mol. The van der Waals surface area contributed by atoms with Gasteiger partial charge in [0.1, 0.15) is 5.76 Å². The maximum Gasteiger partial charge on any atom is 0.194 e. The van der Waals surface area contributed by atoms with Crippen molar-refractivity contribution in [1.29, 1.82) is 0 Å². The van der Waals surface area contributed by atoms with E-state index in [1.165, 1.54) is 0 Å². The van der Waals surface area contributed by atoms with Gasteiger partial charge in [-0.25, -0.2) is 4.98 Å². The maximum atomic E-state index is 5.70. The van der Waals surface area contributed by atoms with Gasteiger partial charge in [0.05, 0.1) is 6.20 Å². The third-order valence-corrected chi connectivity index (χ3v) is 2.79. The first-order valence-corrected chi connectivity index (χ1v) is 6.31. The van der Waals surface area contributed by atoms with E-state index in [-0.39, 0.29) is 0 Å². The molecular weight excluding hydrogens is 200 g/mol. The van der Waals surface area contributed by atoms with Crippen LogP contribution in [0.1, 0.15) is 58.1 Å². The van der Waals surface area contributed by atoms with Crippen molar-refractivity contribution in [3.05, 3.63) is 17.8 Å². The molecule has 0 aliphatic heterocycles. The molecule has 0 aromatic carbocycles. The fraction of sp³-hybridized carbons (Fsp3) is 0.769. The highest BCUT2D eigenvalue weighted by Gasteiger charge is 2.09. The van der Waals surface area contributed by atoms with Crippen LogP contribution >= 0.6 is 0 Å². The van der Waals surface area contributed by atoms with E-state index in [0.29, 0.717) is 12.0 Å². The highest BCUT2D eigenvalue weighted by molar-refractivity contribution is 5.00. The molecule has 3 nitrogen and oxygen atoms in total. The van der Waals surface area contributed by atoms with Crippen LogP contribution in [0, 0.1) is 0 Å². The monoisotopic (exact) mass is 224 g/mol. The average molecular weight is 224 g/mol. The molecule has 0 saturated carbocycles. The van der Waals surface area contributed by atoms with Gasteiger partial charge in [-0.05, 0) is 19.4 Å². The van der Waals surface area contributed by atoms with Gasteiger partial charge in [-0.15, -0.1) is 0 Å². The van der Waals surface area contributed by atoms with Gasteiger partial charge in [-0.2, -0.15) is 0 Å². The number of nitrogens with one attached hydrogen (secondary N) is 1. The zero-order chi connectivity index (χ0) is 12.0. The lowest BCUT2D eigenvalue weighted by atomic mass is 10.1.